The summed E-state index contributed by atoms with van der Waals surface area (Å²) < 4.78 is 0. The van der Waals surface area contributed by atoms with E-state index < -0.39 is 15.8 Å². The number of carbonyl (C=O) groups excluding carboxylic acids is 1. The third-order valence-electron chi connectivity index (χ3n) is 6.52. The van der Waals surface area contributed by atoms with Crippen molar-refractivity contribution in [1.82, 2.24) is 10.2 Å². The summed E-state index contributed by atoms with van der Waals surface area (Å²) >= 11 is 0. The van der Waals surface area contributed by atoms with Gasteiger partial charge in [-0.1, -0.05) is 72.8 Å². The normalized spacial score (nSPS) is 10.6. The molecule has 0 unspecified atom stereocenters. The molecule has 0 aliphatic rings. The second-order valence-corrected chi connectivity index (χ2v) is 14.1. The summed E-state index contributed by atoms with van der Waals surface area (Å²) in [5.74, 6) is 0. The average molecular weight is 632 g/mol. The van der Waals surface area contributed by atoms with Gasteiger partial charge in [0.25, 0.3) is 0 Å². The predicted octanol–water partition coefficient (Wildman–Crippen LogP) is 3.69. The topological polar surface area (TPSA) is 32.3 Å². The van der Waals surface area contributed by atoms with Crippen LogP contribution >= 0.6 is 15.8 Å². The van der Waals surface area contributed by atoms with Gasteiger partial charge in [0.05, 0.1) is 49.4 Å². The van der Waals surface area contributed by atoms with Crippen molar-refractivity contribution in [3.8, 4) is 0 Å². The van der Waals surface area contributed by atoms with Crippen molar-refractivity contribution in [1.29, 1.82) is 0 Å². The zero-order valence-corrected chi connectivity index (χ0v) is 26.0. The molecule has 198 valence electrons. The van der Waals surface area contributed by atoms with Crippen molar-refractivity contribution in [2.75, 3.05) is 45.6 Å². The van der Waals surface area contributed by atoms with E-state index in [1.54, 1.807) is 0 Å². The van der Waals surface area contributed by atoms with Gasteiger partial charge in [-0.25, -0.2) is 0 Å². The van der Waals surface area contributed by atoms with Crippen LogP contribution in [-0.2, 0) is 24.3 Å². The van der Waals surface area contributed by atoms with E-state index in [4.69, 9.17) is 4.79 Å². The monoisotopic (exact) mass is 632 g/mol. The third-order valence-corrected chi connectivity index (χ3v) is 12.1. The predicted molar refractivity (Wildman–Crippen MR) is 169 cm³/mol. The summed E-state index contributed by atoms with van der Waals surface area (Å²) in [6.07, 6.45) is 2.45. The minimum absolute atomic E-state index is 0. The molecule has 0 spiro atoms. The zero-order valence-electron chi connectivity index (χ0n) is 22.1. The SMILES string of the molecule is CNCCN(CC[PH+](c1ccccc1)c1ccccc1)CC[PH+](c1ccccc1)c1ccccc1.[CH-]=O.[RuH+3]. The van der Waals surface area contributed by atoms with Gasteiger partial charge >= 0.3 is 19.5 Å². The molecule has 1 radical (unpaired) electrons. The number of hydrogen-bond donors (Lipinski definition) is 1. The van der Waals surface area contributed by atoms with Crippen LogP contribution in [0.1, 0.15) is 0 Å². The van der Waals surface area contributed by atoms with Crippen molar-refractivity contribution in [2.24, 2.45) is 0 Å². The van der Waals surface area contributed by atoms with Gasteiger partial charge < -0.3 is 10.1 Å². The number of likely N-dealkylation sites (N-methyl/N-ethyl adjacent to an activating group) is 1. The van der Waals surface area contributed by atoms with E-state index in [0.29, 0.717) is 0 Å². The molecule has 0 atom stereocenters. The van der Waals surface area contributed by atoms with E-state index >= 15 is 0 Å². The Kier molecular flexibility index (Phi) is 16.2. The standard InChI is InChI=1S/C31H36N2P2.CHO.Ru.H/c1-32-22-23-33(24-26-34(28-14-6-2-7-15-28)29-16-8-3-9-17-29)25-27-35(30-18-10-4-11-19-30)31-20-12-5-13-21-31;1-2;;/h2-21,32H,22-27H2,1H3;1H;;/q;-1;+3;/p+2. The number of hydrogen-bond acceptors (Lipinski definition) is 3. The summed E-state index contributed by atoms with van der Waals surface area (Å²) in [6, 6.07) is 44.6. The molecule has 0 aromatic heterocycles. The maximum atomic E-state index is 7.75. The van der Waals surface area contributed by atoms with E-state index in [9.17, 15) is 0 Å². The first-order chi connectivity index (χ1) is 18.3. The summed E-state index contributed by atoms with van der Waals surface area (Å²) in [7, 11) is 0.431. The summed E-state index contributed by atoms with van der Waals surface area (Å²) in [5.41, 5.74) is 0. The molecule has 1 N–H and O–H groups in total. The minimum atomic E-state index is -0.814. The molecule has 6 heteroatoms. The summed E-state index contributed by atoms with van der Waals surface area (Å²) in [4.78, 5) is 10.4. The van der Waals surface area contributed by atoms with Crippen LogP contribution in [0.25, 0.3) is 0 Å². The Labute approximate surface area is 244 Å². The van der Waals surface area contributed by atoms with E-state index in [-0.39, 0.29) is 19.5 Å². The summed E-state index contributed by atoms with van der Waals surface area (Å²) in [6.45, 7) is 7.64. The number of nitrogens with one attached hydrogen (secondary N) is 1. The molecular formula is C32H40N2OP2Ru+4. The van der Waals surface area contributed by atoms with Gasteiger partial charge in [0.2, 0.25) is 0 Å². The molecule has 0 amide bonds. The van der Waals surface area contributed by atoms with Crippen LogP contribution in [0.15, 0.2) is 121 Å². The quantitative estimate of drug-likeness (QED) is 0.106. The molecule has 0 fully saturated rings. The fourth-order valence-corrected chi connectivity index (χ4v) is 9.89. The molecule has 4 aromatic rings. The van der Waals surface area contributed by atoms with Gasteiger partial charge in [0.1, 0.15) is 0 Å². The van der Waals surface area contributed by atoms with Crippen LogP contribution in [-0.4, -0.2) is 57.2 Å². The van der Waals surface area contributed by atoms with Gasteiger partial charge in [-0.15, -0.1) is 0 Å². The van der Waals surface area contributed by atoms with Crippen molar-refractivity contribution in [3.63, 3.8) is 0 Å². The molecule has 0 saturated heterocycles. The third kappa shape index (κ3) is 10.3. The molecule has 0 saturated carbocycles. The van der Waals surface area contributed by atoms with Gasteiger partial charge in [0.15, 0.2) is 0 Å². The van der Waals surface area contributed by atoms with Crippen LogP contribution in [0.4, 0.5) is 0 Å². The fourth-order valence-electron chi connectivity index (χ4n) is 4.61. The number of nitrogens with zero attached hydrogens (tertiary/aromatic N) is 1. The van der Waals surface area contributed by atoms with Crippen molar-refractivity contribution in [2.45, 2.75) is 0 Å². The maximum absolute atomic E-state index is 7.75. The van der Waals surface area contributed by atoms with Crippen LogP contribution in [0.3, 0.4) is 0 Å². The first-order valence-corrected chi connectivity index (χ1v) is 16.3. The molecule has 0 aliphatic heterocycles. The molecule has 38 heavy (non-hydrogen) atoms. The van der Waals surface area contributed by atoms with E-state index in [1.165, 1.54) is 33.5 Å². The van der Waals surface area contributed by atoms with Crippen molar-refractivity contribution < 1.29 is 24.3 Å². The van der Waals surface area contributed by atoms with E-state index in [2.05, 4.69) is 145 Å². The molecule has 4 rings (SSSR count). The van der Waals surface area contributed by atoms with Crippen LogP contribution in [0, 0.1) is 0 Å². The van der Waals surface area contributed by atoms with Gasteiger partial charge in [-0.2, -0.15) is 0 Å². The Hall–Kier alpha value is -2.05. The number of rotatable bonds is 13. The average Bonchev–Trinajstić information content (AvgIpc) is 2.99. The first kappa shape index (κ1) is 32.2. The Morgan fingerprint density at radius 3 is 1.11 bits per heavy atom. The zero-order chi connectivity index (χ0) is 26.1. The van der Waals surface area contributed by atoms with Crippen molar-refractivity contribution >= 4 is 43.9 Å². The molecule has 4 aromatic carbocycles. The fraction of sp³-hybridized carbons (Fsp3) is 0.219. The second kappa shape index (κ2) is 19.1. The van der Waals surface area contributed by atoms with E-state index in [1.807, 2.05) is 0 Å². The van der Waals surface area contributed by atoms with Gasteiger partial charge in [-0.05, 0) is 55.6 Å². The van der Waals surface area contributed by atoms with Gasteiger partial charge in [0, 0.05) is 26.2 Å². The van der Waals surface area contributed by atoms with Crippen LogP contribution in [0.5, 0.6) is 0 Å². The summed E-state index contributed by atoms with van der Waals surface area (Å²) in [5, 5.41) is 9.41. The first-order valence-electron chi connectivity index (χ1n) is 12.9. The Balaban J connectivity index is 0.00000165. The van der Waals surface area contributed by atoms with Crippen molar-refractivity contribution in [3.05, 3.63) is 121 Å². The molecular weight excluding hydrogens is 591 g/mol. The Bertz CT molecular complexity index is 955. The Morgan fingerprint density at radius 1 is 0.553 bits per heavy atom. The van der Waals surface area contributed by atoms with Gasteiger partial charge in [-0.3, -0.25) is 11.7 Å². The number of benzene rings is 4. The second-order valence-electron chi connectivity index (χ2n) is 8.87. The molecule has 3 nitrogen and oxygen atoms in total. The van der Waals surface area contributed by atoms with Crippen LogP contribution in [0.2, 0.25) is 0 Å². The Morgan fingerprint density at radius 2 is 0.842 bits per heavy atom. The molecule has 0 aliphatic carbocycles. The molecule has 0 bridgehead atoms. The van der Waals surface area contributed by atoms with E-state index in [0.717, 1.165) is 26.2 Å². The molecule has 0 heterocycles. The van der Waals surface area contributed by atoms with Crippen LogP contribution < -0.4 is 26.5 Å².